The zero-order chi connectivity index (χ0) is 27.7. The minimum atomic E-state index is -0.769. The van der Waals surface area contributed by atoms with Gasteiger partial charge in [-0.3, -0.25) is 9.59 Å². The van der Waals surface area contributed by atoms with E-state index in [1.807, 2.05) is 75.4 Å². The van der Waals surface area contributed by atoms with Crippen molar-refractivity contribution in [2.75, 3.05) is 6.54 Å². The number of allylic oxidation sites excluding steroid dienone is 1. The number of nitrogens with one attached hydrogen (secondary N) is 2. The lowest BCUT2D eigenvalue weighted by molar-refractivity contribution is -0.142. The van der Waals surface area contributed by atoms with Crippen LogP contribution in [0.4, 0.5) is 0 Å². The van der Waals surface area contributed by atoms with Crippen LogP contribution < -0.4 is 21.1 Å². The number of nitrogens with two attached hydrogens (primary N) is 1. The largest absolute Gasteiger partial charge is 0.485 e. The highest BCUT2D eigenvalue weighted by Crippen LogP contribution is 2.41. The number of hydrogen-bond donors (Lipinski definition) is 4. The van der Waals surface area contributed by atoms with Crippen LogP contribution in [0.5, 0.6) is 5.75 Å². The Morgan fingerprint density at radius 2 is 1.77 bits per heavy atom. The standard InChI is InChI=1S/C31H40N4O4/c1-31(2,3)28(33-17-23(32)19-13-14-19)30(38)35-18-21(36)15-25(35)29(37)34-24-16-27(20-9-5-4-6-10-20)39-26-12-8-7-11-22(24)26/h4-12,17,19,21,24-25,27-28,33,36H,13-16,18,32H2,1-3H3,(H,34,37)/b23-17-. The van der Waals surface area contributed by atoms with Gasteiger partial charge in [0, 0.05) is 36.8 Å². The third-order valence-electron chi connectivity index (χ3n) is 7.94. The molecule has 39 heavy (non-hydrogen) atoms. The smallest absolute Gasteiger partial charge is 0.246 e. The van der Waals surface area contributed by atoms with E-state index in [2.05, 4.69) is 10.6 Å². The summed E-state index contributed by atoms with van der Waals surface area (Å²) < 4.78 is 6.29. The molecule has 0 aromatic heterocycles. The summed E-state index contributed by atoms with van der Waals surface area (Å²) in [4.78, 5) is 29.1. The number of hydrogen-bond acceptors (Lipinski definition) is 6. The van der Waals surface area contributed by atoms with E-state index in [4.69, 9.17) is 10.5 Å². The zero-order valence-electron chi connectivity index (χ0n) is 23.0. The first-order chi connectivity index (χ1) is 18.6. The topological polar surface area (TPSA) is 117 Å². The van der Waals surface area contributed by atoms with Crippen LogP contribution in [-0.4, -0.2) is 46.6 Å². The van der Waals surface area contributed by atoms with Gasteiger partial charge in [0.15, 0.2) is 0 Å². The Bertz CT molecular complexity index is 1220. The fourth-order valence-electron chi connectivity index (χ4n) is 5.57. The van der Waals surface area contributed by atoms with Crippen molar-refractivity contribution in [3.63, 3.8) is 0 Å². The Balaban J connectivity index is 1.35. The summed E-state index contributed by atoms with van der Waals surface area (Å²) in [6.07, 6.45) is 3.66. The fourth-order valence-corrected chi connectivity index (χ4v) is 5.57. The van der Waals surface area contributed by atoms with Gasteiger partial charge in [0.1, 0.15) is 23.9 Å². The number of aliphatic hydroxyl groups is 1. The third-order valence-corrected chi connectivity index (χ3v) is 7.94. The molecule has 8 heteroatoms. The highest BCUT2D eigenvalue weighted by atomic mass is 16.5. The van der Waals surface area contributed by atoms with Crippen LogP contribution in [-0.2, 0) is 9.59 Å². The number of nitrogens with zero attached hydrogens (tertiary/aromatic N) is 1. The van der Waals surface area contributed by atoms with Gasteiger partial charge in [-0.15, -0.1) is 0 Å². The normalized spacial score (nSPS) is 25.8. The number of aliphatic hydroxyl groups excluding tert-OH is 1. The summed E-state index contributed by atoms with van der Waals surface area (Å²) in [6.45, 7) is 6.06. The van der Waals surface area contributed by atoms with Crippen LogP contribution in [0.2, 0.25) is 0 Å². The monoisotopic (exact) mass is 532 g/mol. The fraction of sp³-hybridized carbons (Fsp3) is 0.484. The molecule has 2 heterocycles. The minimum absolute atomic E-state index is 0.115. The van der Waals surface area contributed by atoms with Crippen LogP contribution in [0.1, 0.15) is 69.7 Å². The number of carbonyl (C=O) groups excluding carboxylic acids is 2. The molecule has 2 aromatic rings. The maximum Gasteiger partial charge on any atom is 0.246 e. The molecule has 208 valence electrons. The van der Waals surface area contributed by atoms with Crippen molar-refractivity contribution in [3.05, 3.63) is 77.6 Å². The second kappa shape index (κ2) is 10.9. The van der Waals surface area contributed by atoms with Crippen LogP contribution in [0.15, 0.2) is 66.5 Å². The summed E-state index contributed by atoms with van der Waals surface area (Å²) in [5.41, 5.74) is 8.44. The van der Waals surface area contributed by atoms with E-state index >= 15 is 0 Å². The first-order valence-corrected chi connectivity index (χ1v) is 13.9. The van der Waals surface area contributed by atoms with E-state index in [-0.39, 0.29) is 36.9 Å². The molecule has 0 bridgehead atoms. The lowest BCUT2D eigenvalue weighted by atomic mass is 9.85. The molecule has 2 aromatic carbocycles. The molecule has 5 unspecified atom stereocenters. The van der Waals surface area contributed by atoms with Crippen molar-refractivity contribution < 1.29 is 19.4 Å². The number of rotatable bonds is 7. The Kier molecular flexibility index (Phi) is 7.58. The van der Waals surface area contributed by atoms with Crippen LogP contribution in [0.3, 0.4) is 0 Å². The van der Waals surface area contributed by atoms with Gasteiger partial charge in [-0.2, -0.15) is 0 Å². The SMILES string of the molecule is CC(C)(C)C(N/C=C(\N)C1CC1)C(=O)N1CC(O)CC1C(=O)NC1CC(c2ccccc2)Oc2ccccc21. The van der Waals surface area contributed by atoms with Gasteiger partial charge in [-0.05, 0) is 35.8 Å². The molecule has 2 aliphatic heterocycles. The number of benzene rings is 2. The molecule has 0 spiro atoms. The average molecular weight is 533 g/mol. The predicted molar refractivity (Wildman–Crippen MR) is 149 cm³/mol. The molecule has 3 aliphatic rings. The number of carbonyl (C=O) groups is 2. The molecular weight excluding hydrogens is 492 g/mol. The van der Waals surface area contributed by atoms with Crippen molar-refractivity contribution in [2.24, 2.45) is 17.1 Å². The maximum atomic E-state index is 13.9. The van der Waals surface area contributed by atoms with Crippen LogP contribution in [0.25, 0.3) is 0 Å². The summed E-state index contributed by atoms with van der Waals surface area (Å²) >= 11 is 0. The van der Waals surface area contributed by atoms with E-state index in [9.17, 15) is 14.7 Å². The molecule has 2 fully saturated rings. The van der Waals surface area contributed by atoms with Gasteiger partial charge in [0.2, 0.25) is 11.8 Å². The molecule has 5 rings (SSSR count). The molecule has 1 aliphatic carbocycles. The number of likely N-dealkylation sites (tertiary alicyclic amines) is 1. The maximum absolute atomic E-state index is 13.9. The van der Waals surface area contributed by atoms with Gasteiger partial charge in [-0.25, -0.2) is 0 Å². The van der Waals surface area contributed by atoms with Crippen LogP contribution in [0, 0.1) is 11.3 Å². The third kappa shape index (κ3) is 6.06. The number of fused-ring (bicyclic) bond motifs is 1. The first-order valence-electron chi connectivity index (χ1n) is 13.9. The average Bonchev–Trinajstić information content (AvgIpc) is 3.69. The summed E-state index contributed by atoms with van der Waals surface area (Å²) in [5, 5.41) is 17.0. The summed E-state index contributed by atoms with van der Waals surface area (Å²) in [5.74, 6) is 0.629. The second-order valence-electron chi connectivity index (χ2n) is 12.1. The Morgan fingerprint density at radius 3 is 2.46 bits per heavy atom. The van der Waals surface area contributed by atoms with Gasteiger partial charge in [0.25, 0.3) is 0 Å². The molecule has 5 atom stereocenters. The van der Waals surface area contributed by atoms with Crippen molar-refractivity contribution in [1.82, 2.24) is 15.5 Å². The van der Waals surface area contributed by atoms with E-state index in [0.717, 1.165) is 35.4 Å². The number of β-amino-alcohol motifs (C(OH)–C–C–N with tert-alkyl or cyclic N) is 1. The van der Waals surface area contributed by atoms with Crippen molar-refractivity contribution in [1.29, 1.82) is 0 Å². The predicted octanol–water partition coefficient (Wildman–Crippen LogP) is 3.54. The lowest BCUT2D eigenvalue weighted by Crippen LogP contribution is -2.56. The number of para-hydroxylation sites is 1. The molecule has 8 nitrogen and oxygen atoms in total. The Morgan fingerprint density at radius 1 is 1.08 bits per heavy atom. The van der Waals surface area contributed by atoms with Crippen molar-refractivity contribution in [2.45, 2.75) is 76.8 Å². The minimum Gasteiger partial charge on any atom is -0.485 e. The highest BCUT2D eigenvalue weighted by Gasteiger charge is 2.44. The lowest BCUT2D eigenvalue weighted by Gasteiger charge is -2.36. The van der Waals surface area contributed by atoms with E-state index in [1.54, 1.807) is 6.20 Å². The van der Waals surface area contributed by atoms with Gasteiger partial charge in [-0.1, -0.05) is 69.3 Å². The Hall–Kier alpha value is -3.52. The van der Waals surface area contributed by atoms with E-state index in [1.165, 1.54) is 4.90 Å². The van der Waals surface area contributed by atoms with E-state index in [0.29, 0.717) is 12.3 Å². The summed E-state index contributed by atoms with van der Waals surface area (Å²) in [6, 6.07) is 16.0. The van der Waals surface area contributed by atoms with E-state index < -0.39 is 23.6 Å². The van der Waals surface area contributed by atoms with Crippen molar-refractivity contribution >= 4 is 11.8 Å². The van der Waals surface area contributed by atoms with Gasteiger partial charge < -0.3 is 31.1 Å². The summed E-state index contributed by atoms with van der Waals surface area (Å²) in [7, 11) is 0. The highest BCUT2D eigenvalue weighted by molar-refractivity contribution is 5.91. The molecule has 1 saturated carbocycles. The zero-order valence-corrected chi connectivity index (χ0v) is 23.0. The molecule has 1 saturated heterocycles. The van der Waals surface area contributed by atoms with Gasteiger partial charge in [0.05, 0.1) is 12.1 Å². The molecule has 5 N–H and O–H groups in total. The van der Waals surface area contributed by atoms with Crippen LogP contribution >= 0.6 is 0 Å². The van der Waals surface area contributed by atoms with Gasteiger partial charge >= 0.3 is 0 Å². The van der Waals surface area contributed by atoms with Crippen molar-refractivity contribution in [3.8, 4) is 5.75 Å². The second-order valence-corrected chi connectivity index (χ2v) is 12.1. The molecule has 2 amide bonds. The first kappa shape index (κ1) is 27.1. The molecule has 0 radical (unpaired) electrons. The number of amides is 2. The number of ether oxygens (including phenoxy) is 1. The Labute approximate surface area is 230 Å². The quantitative estimate of drug-likeness (QED) is 0.433. The molecular formula is C31H40N4O4.